The molecule has 1 unspecified atom stereocenters. The van der Waals surface area contributed by atoms with Gasteiger partial charge in [0.05, 0.1) is 25.3 Å². The molecule has 9 heteroatoms. The van der Waals surface area contributed by atoms with Gasteiger partial charge in [-0.2, -0.15) is 0 Å². The number of hydrogen-bond donors (Lipinski definition) is 4. The fourth-order valence-corrected chi connectivity index (χ4v) is 4.57. The Morgan fingerprint density at radius 1 is 1.08 bits per heavy atom. The molecule has 1 aliphatic heterocycles. The van der Waals surface area contributed by atoms with Crippen LogP contribution in [0.1, 0.15) is 49.8 Å². The number of amides is 3. The molecule has 36 heavy (non-hydrogen) atoms. The Kier molecular flexibility index (Phi) is 9.69. The average Bonchev–Trinajstić information content (AvgIpc) is 2.84. The van der Waals surface area contributed by atoms with E-state index in [4.69, 9.17) is 9.84 Å². The maximum absolute atomic E-state index is 12.6. The van der Waals surface area contributed by atoms with Crippen LogP contribution in [-0.4, -0.2) is 54.7 Å². The van der Waals surface area contributed by atoms with Crippen molar-refractivity contribution in [1.82, 2.24) is 10.2 Å². The summed E-state index contributed by atoms with van der Waals surface area (Å²) < 4.78 is 5.56. The Labute approximate surface area is 212 Å². The molecule has 3 amide bonds. The lowest BCUT2D eigenvalue weighted by molar-refractivity contribution is -0.137. The van der Waals surface area contributed by atoms with Crippen LogP contribution in [0.4, 0.5) is 16.2 Å². The summed E-state index contributed by atoms with van der Waals surface area (Å²) in [6.07, 6.45) is 2.83. The number of benzene rings is 2. The van der Waals surface area contributed by atoms with E-state index in [0.29, 0.717) is 23.9 Å². The first-order valence-electron chi connectivity index (χ1n) is 12.3. The molecule has 194 valence electrons. The number of anilines is 2. The van der Waals surface area contributed by atoms with Gasteiger partial charge in [-0.05, 0) is 74.5 Å². The van der Waals surface area contributed by atoms with Gasteiger partial charge < -0.3 is 30.7 Å². The Balaban J connectivity index is 1.66. The fourth-order valence-electron chi connectivity index (χ4n) is 4.57. The number of hydrogen-bond acceptors (Lipinski definition) is 5. The Bertz CT molecular complexity index is 1070. The third-order valence-electron chi connectivity index (χ3n) is 6.56. The van der Waals surface area contributed by atoms with E-state index in [0.717, 1.165) is 49.2 Å². The predicted molar refractivity (Wildman–Crippen MR) is 139 cm³/mol. The summed E-state index contributed by atoms with van der Waals surface area (Å²) in [6, 6.07) is 12.5. The molecule has 9 nitrogen and oxygen atoms in total. The number of nitrogens with one attached hydrogen (secondary N) is 3. The van der Waals surface area contributed by atoms with Gasteiger partial charge in [-0.3, -0.25) is 9.59 Å². The molecule has 1 heterocycles. The van der Waals surface area contributed by atoms with E-state index in [1.54, 1.807) is 13.2 Å². The molecule has 0 aromatic heterocycles. The highest BCUT2D eigenvalue weighted by Gasteiger charge is 2.25. The van der Waals surface area contributed by atoms with Crippen molar-refractivity contribution in [1.29, 1.82) is 0 Å². The number of likely N-dealkylation sites (tertiary alicyclic amines) is 1. The van der Waals surface area contributed by atoms with Gasteiger partial charge in [0, 0.05) is 19.2 Å². The first-order valence-corrected chi connectivity index (χ1v) is 12.3. The first-order chi connectivity index (χ1) is 17.2. The minimum atomic E-state index is -0.776. The van der Waals surface area contributed by atoms with Crippen molar-refractivity contribution >= 4 is 29.3 Å². The third-order valence-corrected chi connectivity index (χ3v) is 6.56. The van der Waals surface area contributed by atoms with Crippen LogP contribution in [0.5, 0.6) is 5.75 Å². The smallest absolute Gasteiger partial charge is 0.323 e. The number of aryl methyl sites for hydroxylation is 1. The van der Waals surface area contributed by atoms with Crippen LogP contribution >= 0.6 is 0 Å². The second kappa shape index (κ2) is 12.9. The minimum Gasteiger partial charge on any atom is -0.495 e. The number of methoxy groups -OCH3 is 1. The summed E-state index contributed by atoms with van der Waals surface area (Å²) in [5.74, 6) is 0.0259. The fraction of sp³-hybridized carbons (Fsp3) is 0.444. The van der Waals surface area contributed by atoms with Crippen molar-refractivity contribution in [3.63, 3.8) is 0 Å². The molecule has 1 atom stereocenters. The maximum atomic E-state index is 12.6. The SMILES string of the molecule is COc1cc(C(CC2CCN(CCC(=O)O)CC2)NC(C)=O)ccc1NC(=O)Nc1ccccc1C. The number of ether oxygens (including phenoxy) is 1. The molecule has 1 fully saturated rings. The summed E-state index contributed by atoms with van der Waals surface area (Å²) in [7, 11) is 1.55. The zero-order valence-corrected chi connectivity index (χ0v) is 21.2. The lowest BCUT2D eigenvalue weighted by Gasteiger charge is -2.33. The standard InChI is InChI=1S/C27H36N4O5/c1-18-6-4-5-7-22(18)29-27(35)30-23-9-8-21(17-25(23)36-3)24(28-19(2)32)16-20-10-13-31(14-11-20)15-12-26(33)34/h4-9,17,20,24H,10-16H2,1-3H3,(H,28,32)(H,33,34)(H2,29,30,35). The summed E-state index contributed by atoms with van der Waals surface area (Å²) in [5, 5.41) is 17.7. The number of piperidine rings is 1. The van der Waals surface area contributed by atoms with Crippen LogP contribution < -0.4 is 20.7 Å². The molecule has 2 aromatic rings. The average molecular weight is 497 g/mol. The molecule has 1 aliphatic rings. The van der Waals surface area contributed by atoms with Crippen molar-refractivity contribution in [2.45, 2.75) is 45.6 Å². The van der Waals surface area contributed by atoms with E-state index in [1.807, 2.05) is 43.3 Å². The number of para-hydroxylation sites is 1. The van der Waals surface area contributed by atoms with E-state index in [2.05, 4.69) is 20.9 Å². The highest BCUT2D eigenvalue weighted by molar-refractivity contribution is 6.01. The Hall–Kier alpha value is -3.59. The van der Waals surface area contributed by atoms with Gasteiger partial charge in [0.15, 0.2) is 0 Å². The van der Waals surface area contributed by atoms with E-state index < -0.39 is 5.97 Å². The molecule has 0 bridgehead atoms. The second-order valence-electron chi connectivity index (χ2n) is 9.27. The molecule has 0 aliphatic carbocycles. The van der Waals surface area contributed by atoms with Crippen molar-refractivity contribution in [2.24, 2.45) is 5.92 Å². The summed E-state index contributed by atoms with van der Waals surface area (Å²) in [5.41, 5.74) is 3.12. The molecule has 2 aromatic carbocycles. The largest absolute Gasteiger partial charge is 0.495 e. The number of nitrogens with zero attached hydrogens (tertiary/aromatic N) is 1. The van der Waals surface area contributed by atoms with Crippen molar-refractivity contribution < 1.29 is 24.2 Å². The molecule has 0 radical (unpaired) electrons. The summed E-state index contributed by atoms with van der Waals surface area (Å²) in [4.78, 5) is 37.6. The van der Waals surface area contributed by atoms with E-state index in [9.17, 15) is 14.4 Å². The zero-order chi connectivity index (χ0) is 26.1. The predicted octanol–water partition coefficient (Wildman–Crippen LogP) is 4.40. The van der Waals surface area contributed by atoms with Crippen molar-refractivity contribution in [2.75, 3.05) is 37.4 Å². The Morgan fingerprint density at radius 2 is 1.78 bits per heavy atom. The third kappa shape index (κ3) is 7.98. The van der Waals surface area contributed by atoms with Crippen LogP contribution in [0.2, 0.25) is 0 Å². The summed E-state index contributed by atoms with van der Waals surface area (Å²) >= 11 is 0. The van der Waals surface area contributed by atoms with Gasteiger partial charge in [0.2, 0.25) is 5.91 Å². The lowest BCUT2D eigenvalue weighted by atomic mass is 9.87. The number of aliphatic carboxylic acids is 1. The number of carboxylic acids is 1. The topological polar surface area (TPSA) is 120 Å². The van der Waals surface area contributed by atoms with Gasteiger partial charge in [-0.15, -0.1) is 0 Å². The van der Waals surface area contributed by atoms with E-state index in [-0.39, 0.29) is 24.4 Å². The molecular weight excluding hydrogens is 460 g/mol. The molecule has 0 spiro atoms. The molecule has 4 N–H and O–H groups in total. The molecule has 1 saturated heterocycles. The number of urea groups is 1. The van der Waals surface area contributed by atoms with Gasteiger partial charge in [-0.25, -0.2) is 4.79 Å². The zero-order valence-electron chi connectivity index (χ0n) is 21.2. The maximum Gasteiger partial charge on any atom is 0.323 e. The first kappa shape index (κ1) is 27.0. The monoisotopic (exact) mass is 496 g/mol. The van der Waals surface area contributed by atoms with Crippen LogP contribution in [0.3, 0.4) is 0 Å². The van der Waals surface area contributed by atoms with Gasteiger partial charge in [0.25, 0.3) is 0 Å². The van der Waals surface area contributed by atoms with Crippen LogP contribution in [0.15, 0.2) is 42.5 Å². The quantitative estimate of drug-likeness (QED) is 0.387. The van der Waals surface area contributed by atoms with Crippen molar-refractivity contribution in [3.05, 3.63) is 53.6 Å². The van der Waals surface area contributed by atoms with Crippen molar-refractivity contribution in [3.8, 4) is 5.75 Å². The highest BCUT2D eigenvalue weighted by Crippen LogP contribution is 2.33. The normalized spacial score (nSPS) is 15.1. The van der Waals surface area contributed by atoms with Crippen LogP contribution in [0, 0.1) is 12.8 Å². The van der Waals surface area contributed by atoms with E-state index in [1.165, 1.54) is 6.92 Å². The second-order valence-corrected chi connectivity index (χ2v) is 9.27. The van der Waals surface area contributed by atoms with Crippen LogP contribution in [0.25, 0.3) is 0 Å². The summed E-state index contributed by atoms with van der Waals surface area (Å²) in [6.45, 7) is 5.71. The van der Waals surface area contributed by atoms with Gasteiger partial charge in [-0.1, -0.05) is 24.3 Å². The van der Waals surface area contributed by atoms with Crippen LogP contribution in [-0.2, 0) is 9.59 Å². The highest BCUT2D eigenvalue weighted by atomic mass is 16.5. The van der Waals surface area contributed by atoms with Gasteiger partial charge >= 0.3 is 12.0 Å². The number of rotatable bonds is 10. The molecule has 3 rings (SSSR count). The minimum absolute atomic E-state index is 0.113. The number of carboxylic acid groups (broad SMARTS) is 1. The van der Waals surface area contributed by atoms with E-state index >= 15 is 0 Å². The number of carbonyl (C=O) groups excluding carboxylic acids is 2. The van der Waals surface area contributed by atoms with Gasteiger partial charge in [0.1, 0.15) is 5.75 Å². The number of carbonyl (C=O) groups is 3. The Morgan fingerprint density at radius 3 is 2.42 bits per heavy atom. The molecular formula is C27H36N4O5. The molecule has 0 saturated carbocycles. The lowest BCUT2D eigenvalue weighted by Crippen LogP contribution is -2.37.